The second-order valence-corrected chi connectivity index (χ2v) is 5.76. The Kier molecular flexibility index (Phi) is 3.79. The normalized spacial score (nSPS) is 20.9. The molecule has 5 heteroatoms. The summed E-state index contributed by atoms with van der Waals surface area (Å²) in [4.78, 5) is 16.9. The van der Waals surface area contributed by atoms with Crippen molar-refractivity contribution >= 4 is 23.4 Å². The van der Waals surface area contributed by atoms with Crippen molar-refractivity contribution in [2.75, 3.05) is 31.2 Å². The Morgan fingerprint density at radius 1 is 1.30 bits per heavy atom. The number of benzene rings is 1. The maximum Gasteiger partial charge on any atom is 0.235 e. The first-order valence-corrected chi connectivity index (χ1v) is 7.35. The highest BCUT2D eigenvalue weighted by atomic mass is 35.5. The van der Waals surface area contributed by atoms with Crippen LogP contribution in [-0.4, -0.2) is 32.4 Å². The summed E-state index contributed by atoms with van der Waals surface area (Å²) in [5.74, 6) is 0. The number of halogens is 1. The summed E-state index contributed by atoms with van der Waals surface area (Å²) in [5, 5.41) is 0.719. The highest BCUT2D eigenvalue weighted by Crippen LogP contribution is 2.46. The van der Waals surface area contributed by atoms with Crippen molar-refractivity contribution in [3.05, 3.63) is 28.8 Å². The van der Waals surface area contributed by atoms with Crippen molar-refractivity contribution in [2.45, 2.75) is 24.8 Å². The molecule has 3 rings (SSSR count). The van der Waals surface area contributed by atoms with Crippen molar-refractivity contribution in [1.82, 2.24) is 0 Å². The maximum atomic E-state index is 10.6. The van der Waals surface area contributed by atoms with Gasteiger partial charge >= 0.3 is 0 Å². The second-order valence-electron chi connectivity index (χ2n) is 5.35. The van der Waals surface area contributed by atoms with Gasteiger partial charge in [0.05, 0.1) is 29.5 Å². The SMILES string of the molecule is O=C=NC1(c2ccc(N3CCOCC3)c(Cl)c2)CCC1. The van der Waals surface area contributed by atoms with Crippen LogP contribution in [0.5, 0.6) is 0 Å². The summed E-state index contributed by atoms with van der Waals surface area (Å²) in [5.41, 5.74) is 1.67. The van der Waals surface area contributed by atoms with Gasteiger partial charge in [-0.3, -0.25) is 0 Å². The van der Waals surface area contributed by atoms with Crippen molar-refractivity contribution in [3.63, 3.8) is 0 Å². The van der Waals surface area contributed by atoms with Gasteiger partial charge in [0.25, 0.3) is 0 Å². The molecule has 4 nitrogen and oxygen atoms in total. The Morgan fingerprint density at radius 3 is 2.60 bits per heavy atom. The molecule has 0 N–H and O–H groups in total. The second kappa shape index (κ2) is 5.57. The summed E-state index contributed by atoms with van der Waals surface area (Å²) in [7, 11) is 0. The van der Waals surface area contributed by atoms with E-state index in [2.05, 4.69) is 9.89 Å². The quantitative estimate of drug-likeness (QED) is 0.635. The van der Waals surface area contributed by atoms with E-state index in [-0.39, 0.29) is 5.54 Å². The molecule has 1 aliphatic carbocycles. The van der Waals surface area contributed by atoms with E-state index in [1.54, 1.807) is 6.08 Å². The predicted octanol–water partition coefficient (Wildman–Crippen LogP) is 2.89. The van der Waals surface area contributed by atoms with E-state index in [4.69, 9.17) is 16.3 Å². The van der Waals surface area contributed by atoms with Gasteiger partial charge < -0.3 is 9.64 Å². The number of hydrogen-bond donors (Lipinski definition) is 0. The number of nitrogens with zero attached hydrogens (tertiary/aromatic N) is 2. The number of ether oxygens (including phenoxy) is 1. The van der Waals surface area contributed by atoms with E-state index >= 15 is 0 Å². The highest BCUT2D eigenvalue weighted by molar-refractivity contribution is 6.33. The zero-order valence-electron chi connectivity index (χ0n) is 11.3. The molecule has 0 amide bonds. The molecule has 0 atom stereocenters. The molecule has 1 saturated carbocycles. The fourth-order valence-corrected chi connectivity index (χ4v) is 3.22. The molecule has 2 aliphatic rings. The molecule has 2 fully saturated rings. The lowest BCUT2D eigenvalue weighted by atomic mass is 9.72. The van der Waals surface area contributed by atoms with E-state index in [9.17, 15) is 4.79 Å². The minimum atomic E-state index is -0.380. The fourth-order valence-electron chi connectivity index (χ4n) is 2.92. The molecule has 1 heterocycles. The monoisotopic (exact) mass is 292 g/mol. The van der Waals surface area contributed by atoms with E-state index < -0.39 is 0 Å². The fraction of sp³-hybridized carbons (Fsp3) is 0.533. The van der Waals surface area contributed by atoms with Crippen LogP contribution < -0.4 is 4.90 Å². The minimum Gasteiger partial charge on any atom is -0.378 e. The maximum absolute atomic E-state index is 10.6. The number of carbonyl (C=O) groups excluding carboxylic acids is 1. The van der Waals surface area contributed by atoms with Crippen LogP contribution in [0.1, 0.15) is 24.8 Å². The Morgan fingerprint density at radius 2 is 2.05 bits per heavy atom. The zero-order chi connectivity index (χ0) is 14.0. The Hall–Kier alpha value is -1.35. The van der Waals surface area contributed by atoms with E-state index in [0.717, 1.165) is 61.8 Å². The van der Waals surface area contributed by atoms with Gasteiger partial charge in [0.15, 0.2) is 0 Å². The largest absolute Gasteiger partial charge is 0.378 e. The smallest absolute Gasteiger partial charge is 0.235 e. The lowest BCUT2D eigenvalue weighted by molar-refractivity contribution is 0.122. The standard InChI is InChI=1S/C15H17ClN2O2/c16-13-10-12(15(17-11-19)4-1-5-15)2-3-14(13)18-6-8-20-9-7-18/h2-3,10H,1,4-9H2. The van der Waals surface area contributed by atoms with Crippen molar-refractivity contribution in [2.24, 2.45) is 4.99 Å². The highest BCUT2D eigenvalue weighted by Gasteiger charge is 2.39. The molecule has 0 bridgehead atoms. The van der Waals surface area contributed by atoms with Gasteiger partial charge in [-0.1, -0.05) is 17.7 Å². The molecule has 1 aromatic carbocycles. The average Bonchev–Trinajstić information content (AvgIpc) is 2.44. The first kappa shape index (κ1) is 13.6. The van der Waals surface area contributed by atoms with Crippen LogP contribution in [0.3, 0.4) is 0 Å². The van der Waals surface area contributed by atoms with Crippen LogP contribution >= 0.6 is 11.6 Å². The number of morpholine rings is 1. The van der Waals surface area contributed by atoms with Gasteiger partial charge in [-0.15, -0.1) is 0 Å². The molecule has 0 aromatic heterocycles. The van der Waals surface area contributed by atoms with Crippen molar-refractivity contribution in [1.29, 1.82) is 0 Å². The van der Waals surface area contributed by atoms with Crippen LogP contribution in [0.15, 0.2) is 23.2 Å². The summed E-state index contributed by atoms with van der Waals surface area (Å²) < 4.78 is 5.35. The van der Waals surface area contributed by atoms with E-state index in [1.807, 2.05) is 18.2 Å². The third-order valence-corrected chi connectivity index (χ3v) is 4.58. The third kappa shape index (κ3) is 2.35. The van der Waals surface area contributed by atoms with Gasteiger partial charge in [0.1, 0.15) is 0 Å². The van der Waals surface area contributed by atoms with Crippen LogP contribution in [0.4, 0.5) is 5.69 Å². The van der Waals surface area contributed by atoms with Gasteiger partial charge in [-0.05, 0) is 37.0 Å². The number of anilines is 1. The molecular formula is C15H17ClN2O2. The first-order valence-electron chi connectivity index (χ1n) is 6.97. The van der Waals surface area contributed by atoms with Crippen LogP contribution in [0.25, 0.3) is 0 Å². The van der Waals surface area contributed by atoms with E-state index in [0.29, 0.717) is 0 Å². The summed E-state index contributed by atoms with van der Waals surface area (Å²) in [6, 6.07) is 6.02. The molecule has 0 spiro atoms. The van der Waals surface area contributed by atoms with Gasteiger partial charge in [0, 0.05) is 13.1 Å². The topological polar surface area (TPSA) is 41.9 Å². The van der Waals surface area contributed by atoms with Crippen LogP contribution in [0, 0.1) is 0 Å². The summed E-state index contributed by atoms with van der Waals surface area (Å²) in [6.07, 6.45) is 4.60. The minimum absolute atomic E-state index is 0.380. The summed E-state index contributed by atoms with van der Waals surface area (Å²) in [6.45, 7) is 3.18. The molecule has 0 unspecified atom stereocenters. The first-order chi connectivity index (χ1) is 9.75. The lowest BCUT2D eigenvalue weighted by Gasteiger charge is -2.38. The number of isocyanates is 1. The molecule has 1 aromatic rings. The third-order valence-electron chi connectivity index (χ3n) is 4.28. The molecule has 20 heavy (non-hydrogen) atoms. The lowest BCUT2D eigenvalue weighted by Crippen LogP contribution is -2.36. The average molecular weight is 293 g/mol. The number of rotatable bonds is 3. The van der Waals surface area contributed by atoms with Crippen LogP contribution in [-0.2, 0) is 15.1 Å². The Labute approximate surface area is 123 Å². The van der Waals surface area contributed by atoms with Crippen molar-refractivity contribution in [3.8, 4) is 0 Å². The number of aliphatic imine (C=N–C) groups is 1. The Bertz CT molecular complexity index is 545. The zero-order valence-corrected chi connectivity index (χ0v) is 12.0. The van der Waals surface area contributed by atoms with Crippen LogP contribution in [0.2, 0.25) is 5.02 Å². The molecule has 1 aliphatic heterocycles. The van der Waals surface area contributed by atoms with Gasteiger partial charge in [-0.25, -0.2) is 4.79 Å². The molecule has 0 radical (unpaired) electrons. The number of hydrogen-bond acceptors (Lipinski definition) is 4. The predicted molar refractivity (Wildman–Crippen MR) is 78.1 cm³/mol. The molecule has 1 saturated heterocycles. The molecule has 106 valence electrons. The Balaban J connectivity index is 1.89. The van der Waals surface area contributed by atoms with Gasteiger partial charge in [-0.2, -0.15) is 4.99 Å². The van der Waals surface area contributed by atoms with Gasteiger partial charge in [0.2, 0.25) is 6.08 Å². The van der Waals surface area contributed by atoms with E-state index in [1.165, 1.54) is 0 Å². The van der Waals surface area contributed by atoms with Crippen molar-refractivity contribution < 1.29 is 9.53 Å². The molecular weight excluding hydrogens is 276 g/mol. The summed E-state index contributed by atoms with van der Waals surface area (Å²) >= 11 is 6.43.